The van der Waals surface area contributed by atoms with Crippen LogP contribution >= 0.6 is 0 Å². The number of nitrogens with one attached hydrogen (secondary N) is 1. The Morgan fingerprint density at radius 1 is 0.812 bits per heavy atom. The maximum absolute atomic E-state index is 8.14. The molecule has 0 radical (unpaired) electrons. The van der Waals surface area contributed by atoms with E-state index < -0.39 is 0 Å². The normalized spacial score (nSPS) is 10.1. The largest absolute Gasteiger partial charge is 0.300 e. The van der Waals surface area contributed by atoms with Crippen LogP contribution in [0.5, 0.6) is 0 Å². The second kappa shape index (κ2) is 4.31. The van der Waals surface area contributed by atoms with E-state index in [0.29, 0.717) is 5.71 Å². The van der Waals surface area contributed by atoms with Gasteiger partial charge >= 0.3 is 0 Å². The molecule has 0 aromatic heterocycles. The minimum Gasteiger partial charge on any atom is -0.300 e. The maximum Gasteiger partial charge on any atom is 0.0684 e. The summed E-state index contributed by atoms with van der Waals surface area (Å²) in [6, 6.07) is 16.0. The average molecular weight is 209 g/mol. The zero-order valence-electron chi connectivity index (χ0n) is 9.62. The minimum atomic E-state index is 0.587. The molecule has 2 rings (SSSR count). The summed E-state index contributed by atoms with van der Waals surface area (Å²) in [5.41, 5.74) is 5.03. The fourth-order valence-electron chi connectivity index (χ4n) is 1.67. The topological polar surface area (TPSA) is 23.9 Å². The van der Waals surface area contributed by atoms with Crippen molar-refractivity contribution in [2.75, 3.05) is 0 Å². The number of hydrogen-bond donors (Lipinski definition) is 1. The van der Waals surface area contributed by atoms with E-state index in [9.17, 15) is 0 Å². The molecule has 0 spiro atoms. The van der Waals surface area contributed by atoms with Crippen LogP contribution in [0.25, 0.3) is 0 Å². The summed E-state index contributed by atoms with van der Waals surface area (Å²) in [6.45, 7) is 4.17. The zero-order valence-corrected chi connectivity index (χ0v) is 9.62. The first-order valence-corrected chi connectivity index (χ1v) is 5.40. The molecule has 0 saturated heterocycles. The third-order valence-electron chi connectivity index (χ3n) is 2.86. The van der Waals surface area contributed by atoms with E-state index in [2.05, 4.69) is 26.0 Å². The van der Waals surface area contributed by atoms with E-state index in [1.807, 2.05) is 36.4 Å². The predicted molar refractivity (Wildman–Crippen MR) is 68.3 cm³/mol. The zero-order chi connectivity index (χ0) is 11.5. The van der Waals surface area contributed by atoms with Crippen LogP contribution in [0.2, 0.25) is 0 Å². The van der Waals surface area contributed by atoms with Gasteiger partial charge in [0.05, 0.1) is 5.71 Å². The summed E-state index contributed by atoms with van der Waals surface area (Å²) < 4.78 is 0. The minimum absolute atomic E-state index is 0.587. The highest BCUT2D eigenvalue weighted by Crippen LogP contribution is 2.14. The first-order chi connectivity index (χ1) is 7.68. The van der Waals surface area contributed by atoms with E-state index >= 15 is 0 Å². The van der Waals surface area contributed by atoms with Crippen LogP contribution in [0.15, 0.2) is 48.5 Å². The highest BCUT2D eigenvalue weighted by molar-refractivity contribution is 6.10. The van der Waals surface area contributed by atoms with Gasteiger partial charge in [-0.2, -0.15) is 0 Å². The Hall–Kier alpha value is -1.89. The first kappa shape index (κ1) is 10.6. The molecule has 2 aromatic rings. The van der Waals surface area contributed by atoms with Crippen molar-refractivity contribution >= 4 is 5.71 Å². The lowest BCUT2D eigenvalue weighted by atomic mass is 9.99. The van der Waals surface area contributed by atoms with Crippen molar-refractivity contribution in [3.05, 3.63) is 70.8 Å². The molecule has 0 aliphatic rings. The standard InChI is InChI=1S/C15H15N/c1-11-8-9-14(10-12(11)2)15(16)13-6-4-3-5-7-13/h3-10,16H,1-2H3. The van der Waals surface area contributed by atoms with Crippen molar-refractivity contribution in [2.45, 2.75) is 13.8 Å². The number of benzene rings is 2. The smallest absolute Gasteiger partial charge is 0.0684 e. The Morgan fingerprint density at radius 3 is 2.12 bits per heavy atom. The molecule has 1 nitrogen and oxygen atoms in total. The molecule has 0 unspecified atom stereocenters. The van der Waals surface area contributed by atoms with Gasteiger partial charge in [0.1, 0.15) is 0 Å². The molecule has 1 heteroatoms. The van der Waals surface area contributed by atoms with Gasteiger partial charge in [0.2, 0.25) is 0 Å². The lowest BCUT2D eigenvalue weighted by Crippen LogP contribution is -2.01. The third kappa shape index (κ3) is 2.03. The van der Waals surface area contributed by atoms with E-state index in [0.717, 1.165) is 11.1 Å². The lowest BCUT2D eigenvalue weighted by molar-refractivity contribution is 1.32. The monoisotopic (exact) mass is 209 g/mol. The molecule has 0 atom stereocenters. The molecule has 0 amide bonds. The van der Waals surface area contributed by atoms with Gasteiger partial charge in [0.15, 0.2) is 0 Å². The molecule has 0 fully saturated rings. The van der Waals surface area contributed by atoms with E-state index in [-0.39, 0.29) is 0 Å². The SMILES string of the molecule is Cc1ccc(C(=N)c2ccccc2)cc1C. The second-order valence-electron chi connectivity index (χ2n) is 4.04. The highest BCUT2D eigenvalue weighted by atomic mass is 14.4. The van der Waals surface area contributed by atoms with Gasteiger partial charge in [-0.15, -0.1) is 0 Å². The van der Waals surface area contributed by atoms with E-state index in [1.165, 1.54) is 11.1 Å². The van der Waals surface area contributed by atoms with Gasteiger partial charge in [-0.3, -0.25) is 5.41 Å². The molecule has 1 N–H and O–H groups in total. The Labute approximate surface area is 96.3 Å². The maximum atomic E-state index is 8.14. The fourth-order valence-corrected chi connectivity index (χ4v) is 1.67. The quantitative estimate of drug-likeness (QED) is 0.729. The van der Waals surface area contributed by atoms with Crippen LogP contribution in [-0.2, 0) is 0 Å². The molecular formula is C15H15N. The van der Waals surface area contributed by atoms with Crippen LogP contribution in [0.3, 0.4) is 0 Å². The van der Waals surface area contributed by atoms with Crippen LogP contribution in [0, 0.1) is 19.3 Å². The van der Waals surface area contributed by atoms with Gasteiger partial charge in [-0.1, -0.05) is 42.5 Å². The molecule has 0 aliphatic heterocycles. The van der Waals surface area contributed by atoms with Crippen molar-refractivity contribution < 1.29 is 0 Å². The highest BCUT2D eigenvalue weighted by Gasteiger charge is 2.04. The number of rotatable bonds is 2. The first-order valence-electron chi connectivity index (χ1n) is 5.40. The predicted octanol–water partition coefficient (Wildman–Crippen LogP) is 3.72. The van der Waals surface area contributed by atoms with Crippen LogP contribution in [0.1, 0.15) is 22.3 Å². The molecule has 0 bridgehead atoms. The van der Waals surface area contributed by atoms with Crippen LogP contribution in [-0.4, -0.2) is 5.71 Å². The lowest BCUT2D eigenvalue weighted by Gasteiger charge is -2.07. The molecule has 2 aromatic carbocycles. The summed E-state index contributed by atoms with van der Waals surface area (Å²) in [5.74, 6) is 0. The number of hydrogen-bond acceptors (Lipinski definition) is 1. The van der Waals surface area contributed by atoms with Crippen molar-refractivity contribution in [3.8, 4) is 0 Å². The third-order valence-corrected chi connectivity index (χ3v) is 2.86. The Balaban J connectivity index is 2.39. The van der Waals surface area contributed by atoms with Gasteiger partial charge in [-0.25, -0.2) is 0 Å². The fraction of sp³-hybridized carbons (Fsp3) is 0.133. The van der Waals surface area contributed by atoms with Gasteiger partial charge in [-0.05, 0) is 36.6 Å². The molecule has 0 saturated carbocycles. The Morgan fingerprint density at radius 2 is 1.50 bits per heavy atom. The van der Waals surface area contributed by atoms with Crippen molar-refractivity contribution in [1.29, 1.82) is 5.41 Å². The Bertz CT molecular complexity index is 512. The van der Waals surface area contributed by atoms with Crippen LogP contribution < -0.4 is 0 Å². The van der Waals surface area contributed by atoms with Crippen molar-refractivity contribution in [1.82, 2.24) is 0 Å². The molecule has 0 aliphatic carbocycles. The van der Waals surface area contributed by atoms with E-state index in [4.69, 9.17) is 5.41 Å². The van der Waals surface area contributed by atoms with E-state index in [1.54, 1.807) is 0 Å². The van der Waals surface area contributed by atoms with Gasteiger partial charge in [0, 0.05) is 5.56 Å². The van der Waals surface area contributed by atoms with Crippen LogP contribution in [0.4, 0.5) is 0 Å². The molecule has 80 valence electrons. The summed E-state index contributed by atoms with van der Waals surface area (Å²) in [4.78, 5) is 0. The average Bonchev–Trinajstić information content (AvgIpc) is 2.33. The summed E-state index contributed by atoms with van der Waals surface area (Å²) >= 11 is 0. The van der Waals surface area contributed by atoms with Crippen molar-refractivity contribution in [3.63, 3.8) is 0 Å². The van der Waals surface area contributed by atoms with Crippen molar-refractivity contribution in [2.24, 2.45) is 0 Å². The summed E-state index contributed by atoms with van der Waals surface area (Å²) in [6.07, 6.45) is 0. The number of aryl methyl sites for hydroxylation is 2. The molecule has 0 heterocycles. The molecule has 16 heavy (non-hydrogen) atoms. The van der Waals surface area contributed by atoms with Gasteiger partial charge < -0.3 is 0 Å². The second-order valence-corrected chi connectivity index (χ2v) is 4.04. The summed E-state index contributed by atoms with van der Waals surface area (Å²) in [5, 5.41) is 8.14. The van der Waals surface area contributed by atoms with Gasteiger partial charge in [0.25, 0.3) is 0 Å². The molecular weight excluding hydrogens is 194 g/mol. The Kier molecular flexibility index (Phi) is 2.86. The summed E-state index contributed by atoms with van der Waals surface area (Å²) in [7, 11) is 0.